The van der Waals surface area contributed by atoms with Crippen LogP contribution in [0.5, 0.6) is 0 Å². The number of aromatic nitrogens is 3. The third-order valence-electron chi connectivity index (χ3n) is 15.6. The molecule has 4 rings (SSSR count). The van der Waals surface area contributed by atoms with E-state index in [4.69, 9.17) is 29.7 Å². The zero-order valence-corrected chi connectivity index (χ0v) is 55.3. The fraction of sp³-hybridized carbons (Fsp3) is 0.683. The van der Waals surface area contributed by atoms with Crippen molar-refractivity contribution in [2.24, 2.45) is 0 Å². The quantitative estimate of drug-likeness (QED) is 0.0411. The number of piperazine rings is 1. The van der Waals surface area contributed by atoms with Crippen LogP contribution in [0.25, 0.3) is 0 Å². The number of rotatable bonds is 46. The van der Waals surface area contributed by atoms with Crippen molar-refractivity contribution in [3.05, 3.63) is 29.8 Å². The molecule has 2 aliphatic rings. The maximum Gasteiger partial charge on any atom is 0.326 e. The summed E-state index contributed by atoms with van der Waals surface area (Å²) in [5, 5.41) is 89.3. The SMILES string of the molecule is O=C(O)CCOCCOCCNc1nc(Nc2ccc(CC3CN(CC(=O)O)CCN(CC(=O)O)CCN(CC(=O)O)CCN3CC(=O)O)cc2)nc(N2CCN(CCCCCCCCCCC(=O)NCCCC[C@H](NC(=O)N[C@@H](CCC(=O)O)C(=O)O)C(=O)O)CC2)n1.[Lu]. The fourth-order valence-electron chi connectivity index (χ4n) is 10.6. The summed E-state index contributed by atoms with van der Waals surface area (Å²) in [6.45, 7) is 5.04. The van der Waals surface area contributed by atoms with E-state index in [1.54, 1.807) is 19.6 Å². The van der Waals surface area contributed by atoms with E-state index in [2.05, 4.69) is 41.4 Å². The number of carboxylic acids is 8. The van der Waals surface area contributed by atoms with E-state index in [-0.39, 0.29) is 166 Å². The molecule has 0 bridgehead atoms. The van der Waals surface area contributed by atoms with Crippen LogP contribution in [-0.2, 0) is 59.0 Å². The molecule has 3 heterocycles. The van der Waals surface area contributed by atoms with Gasteiger partial charge in [0.2, 0.25) is 23.8 Å². The average Bonchev–Trinajstić information content (AvgIpc) is 0.871. The molecule has 95 heavy (non-hydrogen) atoms. The van der Waals surface area contributed by atoms with Gasteiger partial charge in [0, 0.05) is 147 Å². The van der Waals surface area contributed by atoms with E-state index in [1.165, 1.54) is 0 Å². The summed E-state index contributed by atoms with van der Waals surface area (Å²) in [6.07, 6.45) is 8.57. The molecule has 2 fully saturated rings. The number of ether oxygens (including phenoxy) is 2. The number of hydrogen-bond donors (Lipinski definition) is 13. The number of amides is 3. The van der Waals surface area contributed by atoms with Crippen molar-refractivity contribution in [1.82, 2.24) is 55.4 Å². The van der Waals surface area contributed by atoms with Gasteiger partial charge in [-0.2, -0.15) is 15.0 Å². The van der Waals surface area contributed by atoms with Crippen LogP contribution in [0, 0.1) is 36.9 Å². The molecule has 2 aliphatic heterocycles. The Hall–Kier alpha value is -6.92. The van der Waals surface area contributed by atoms with Gasteiger partial charge in [-0.25, -0.2) is 14.4 Å². The second-order valence-corrected chi connectivity index (χ2v) is 23.2. The van der Waals surface area contributed by atoms with Crippen LogP contribution in [0.1, 0.15) is 102 Å². The smallest absolute Gasteiger partial charge is 0.326 e. The van der Waals surface area contributed by atoms with Crippen LogP contribution in [0.4, 0.5) is 28.3 Å². The van der Waals surface area contributed by atoms with Crippen molar-refractivity contribution >= 4 is 83.2 Å². The molecule has 1 unspecified atom stereocenters. The molecular weight excluding hydrogens is 1410 g/mol. The van der Waals surface area contributed by atoms with E-state index >= 15 is 0 Å². The number of urea groups is 1. The molecule has 3 amide bonds. The van der Waals surface area contributed by atoms with Gasteiger partial charge in [0.25, 0.3) is 0 Å². The Morgan fingerprint density at radius 2 is 1.00 bits per heavy atom. The van der Waals surface area contributed by atoms with Gasteiger partial charge in [-0.15, -0.1) is 0 Å². The maximum absolute atomic E-state index is 12.4. The molecule has 1 radical (unpaired) electrons. The molecule has 541 valence electrons. The topological polar surface area (TPSA) is 469 Å². The van der Waals surface area contributed by atoms with Crippen LogP contribution < -0.4 is 31.5 Å². The summed E-state index contributed by atoms with van der Waals surface area (Å²) in [5.41, 5.74) is 1.41. The van der Waals surface area contributed by atoms with Crippen molar-refractivity contribution in [2.75, 3.05) is 160 Å². The zero-order chi connectivity index (χ0) is 68.6. The van der Waals surface area contributed by atoms with Crippen LogP contribution >= 0.6 is 0 Å². The summed E-state index contributed by atoms with van der Waals surface area (Å²) in [6, 6.07) is 2.95. The molecular formula is C60H96LuN14O20. The number of carboxylic acid groups (broad SMARTS) is 8. The molecule has 0 spiro atoms. The Kier molecular flexibility index (Phi) is 40.8. The van der Waals surface area contributed by atoms with Gasteiger partial charge in [-0.05, 0) is 69.2 Å². The molecule has 34 nitrogen and oxygen atoms in total. The zero-order valence-electron chi connectivity index (χ0n) is 53.7. The third-order valence-corrected chi connectivity index (χ3v) is 15.6. The molecule has 3 atom stereocenters. The number of carbonyl (C=O) groups is 10. The van der Waals surface area contributed by atoms with E-state index in [1.807, 2.05) is 24.3 Å². The minimum absolute atomic E-state index is 0. The van der Waals surface area contributed by atoms with Gasteiger partial charge in [0.15, 0.2) is 0 Å². The number of anilines is 4. The molecule has 13 N–H and O–H groups in total. The van der Waals surface area contributed by atoms with Crippen molar-refractivity contribution < 1.29 is 135 Å². The summed E-state index contributed by atoms with van der Waals surface area (Å²) in [5.74, 6) is -8.45. The summed E-state index contributed by atoms with van der Waals surface area (Å²) < 4.78 is 11.0. The van der Waals surface area contributed by atoms with Crippen LogP contribution in [0.3, 0.4) is 0 Å². The van der Waals surface area contributed by atoms with E-state index < -0.39 is 84.9 Å². The van der Waals surface area contributed by atoms with Gasteiger partial charge in [-0.1, -0.05) is 50.7 Å². The maximum atomic E-state index is 12.4. The predicted molar refractivity (Wildman–Crippen MR) is 339 cm³/mol. The minimum atomic E-state index is -1.50. The average molecular weight is 1510 g/mol. The molecule has 2 saturated heterocycles. The number of benzene rings is 1. The van der Waals surface area contributed by atoms with Gasteiger partial charge < -0.3 is 81.8 Å². The molecule has 0 aliphatic carbocycles. The first-order chi connectivity index (χ1) is 45.0. The number of hydrogen-bond acceptors (Lipinski definition) is 23. The summed E-state index contributed by atoms with van der Waals surface area (Å²) in [7, 11) is 0. The van der Waals surface area contributed by atoms with Crippen molar-refractivity contribution in [3.63, 3.8) is 0 Å². The number of aliphatic carboxylic acids is 8. The number of carbonyl (C=O) groups excluding carboxylic acids is 2. The molecule has 1 aromatic carbocycles. The standard InChI is InChI=1S/C60H96N14O20.Lu/c75-48(61-20-9-8-11-46(55(88)89)64-60(92)65-47(56(90)91)17-18-49(76)77)12-7-5-3-1-2-4-6-10-22-69-27-30-73(31-28-69)59-67-57(62-21-34-94-36-35-93-33-19-50(78)79)66-58(68-59)63-44-15-13-43(14-16-44)37-45-38-72(41-53(84)85)26-25-70(39-51(80)81)23-24-71(40-52(82)83)29-32-74(45)42-54(86)87;/h13-16,45-47H,1-12,17-42H2,(H,61,75)(H,76,77)(H,78,79)(H,80,81)(H,82,83)(H,84,85)(H,86,87)(H,88,89)(H,90,91)(H2,64,65,92)(H2,62,63,66,67,68);/t45?,46-,47-;/m0./s1. The summed E-state index contributed by atoms with van der Waals surface area (Å²) in [4.78, 5) is 143. The first-order valence-electron chi connectivity index (χ1n) is 32.0. The normalized spacial score (nSPS) is 16.2. The molecule has 35 heteroatoms. The van der Waals surface area contributed by atoms with E-state index in [0.29, 0.717) is 63.0 Å². The van der Waals surface area contributed by atoms with Gasteiger partial charge in [0.05, 0.1) is 59.0 Å². The molecule has 1 aromatic heterocycles. The Balaban J connectivity index is 0.0000235. The van der Waals surface area contributed by atoms with Crippen LogP contribution in [-0.4, -0.2) is 302 Å². The van der Waals surface area contributed by atoms with E-state index in [0.717, 1.165) is 76.6 Å². The minimum Gasteiger partial charge on any atom is -0.481 e. The van der Waals surface area contributed by atoms with E-state index in [9.17, 15) is 78.6 Å². The first kappa shape index (κ1) is 82.3. The number of unbranched alkanes of at least 4 members (excludes halogenated alkanes) is 8. The van der Waals surface area contributed by atoms with Crippen molar-refractivity contribution in [1.29, 1.82) is 0 Å². The summed E-state index contributed by atoms with van der Waals surface area (Å²) >= 11 is 0. The largest absolute Gasteiger partial charge is 0.481 e. The van der Waals surface area contributed by atoms with Crippen LogP contribution in [0.2, 0.25) is 0 Å². The van der Waals surface area contributed by atoms with Gasteiger partial charge >= 0.3 is 53.8 Å². The van der Waals surface area contributed by atoms with Crippen molar-refractivity contribution in [2.45, 2.75) is 121 Å². The van der Waals surface area contributed by atoms with Gasteiger partial charge in [-0.3, -0.25) is 58.1 Å². The Bertz CT molecular complexity index is 2700. The number of nitrogens with one attached hydrogen (secondary N) is 5. The monoisotopic (exact) mass is 1510 g/mol. The first-order valence-corrected chi connectivity index (χ1v) is 32.0. The predicted octanol–water partition coefficient (Wildman–Crippen LogP) is 0.996. The molecule has 2 aromatic rings. The fourth-order valence-corrected chi connectivity index (χ4v) is 10.6. The Labute approximate surface area is 581 Å². The Morgan fingerprint density at radius 1 is 0.484 bits per heavy atom. The molecule has 0 saturated carbocycles. The second kappa shape index (κ2) is 47.1. The number of nitrogens with zero attached hydrogens (tertiary/aromatic N) is 9. The second-order valence-electron chi connectivity index (χ2n) is 23.2. The van der Waals surface area contributed by atoms with Crippen molar-refractivity contribution in [3.8, 4) is 0 Å². The Morgan fingerprint density at radius 3 is 1.58 bits per heavy atom. The van der Waals surface area contributed by atoms with Gasteiger partial charge in [0.1, 0.15) is 12.1 Å². The third kappa shape index (κ3) is 37.3. The van der Waals surface area contributed by atoms with Crippen LogP contribution in [0.15, 0.2) is 24.3 Å².